The largest absolute Gasteiger partial charge is 0.494 e. The molecule has 0 unspecified atom stereocenters. The smallest absolute Gasteiger partial charge is 0.282 e. The third-order valence-corrected chi connectivity index (χ3v) is 5.62. The predicted molar refractivity (Wildman–Crippen MR) is 127 cm³/mol. The molecule has 6 nitrogen and oxygen atoms in total. The molecular formula is C25H24N2O4S. The molecule has 1 aliphatic rings. The van der Waals surface area contributed by atoms with E-state index >= 15 is 0 Å². The zero-order valence-electron chi connectivity index (χ0n) is 18.1. The zero-order chi connectivity index (χ0) is 22.7. The number of thiophene rings is 1. The van der Waals surface area contributed by atoms with Gasteiger partial charge in [-0.2, -0.15) is 0 Å². The lowest BCUT2D eigenvalue weighted by molar-refractivity contribution is -0.120. The molecule has 1 aliphatic heterocycles. The van der Waals surface area contributed by atoms with E-state index in [1.54, 1.807) is 24.3 Å². The summed E-state index contributed by atoms with van der Waals surface area (Å²) in [5.41, 5.74) is 1.76. The molecule has 7 heteroatoms. The Balaban J connectivity index is 1.69. The molecule has 1 N–H and O–H groups in total. The molecule has 0 atom stereocenters. The van der Waals surface area contributed by atoms with E-state index in [1.807, 2.05) is 62.5 Å². The van der Waals surface area contributed by atoms with Gasteiger partial charge in [-0.15, -0.1) is 11.3 Å². The number of ether oxygens (including phenoxy) is 2. The summed E-state index contributed by atoms with van der Waals surface area (Å²) in [6.45, 7) is 6.30. The van der Waals surface area contributed by atoms with E-state index in [4.69, 9.17) is 9.47 Å². The monoisotopic (exact) mass is 448 g/mol. The summed E-state index contributed by atoms with van der Waals surface area (Å²) in [5.74, 6) is 0.564. The fourth-order valence-electron chi connectivity index (χ4n) is 3.44. The average molecular weight is 449 g/mol. The minimum absolute atomic E-state index is 0.0667. The van der Waals surface area contributed by atoms with Crippen LogP contribution in [0.5, 0.6) is 11.5 Å². The van der Waals surface area contributed by atoms with Gasteiger partial charge in [-0.1, -0.05) is 12.1 Å². The van der Waals surface area contributed by atoms with Crippen molar-refractivity contribution in [1.29, 1.82) is 0 Å². The maximum Gasteiger partial charge on any atom is 0.282 e. The Labute approximate surface area is 191 Å². The van der Waals surface area contributed by atoms with Crippen LogP contribution in [0.4, 0.5) is 11.4 Å². The lowest BCUT2D eigenvalue weighted by Crippen LogP contribution is -2.32. The molecule has 32 heavy (non-hydrogen) atoms. The number of hydrogen-bond donors (Lipinski definition) is 1. The van der Waals surface area contributed by atoms with Crippen LogP contribution in [0, 0.1) is 0 Å². The van der Waals surface area contributed by atoms with Gasteiger partial charge in [-0.05, 0) is 68.6 Å². The van der Waals surface area contributed by atoms with Crippen LogP contribution in [0.2, 0.25) is 0 Å². The van der Waals surface area contributed by atoms with E-state index in [9.17, 15) is 9.59 Å². The van der Waals surface area contributed by atoms with Gasteiger partial charge in [0.2, 0.25) is 0 Å². The molecular weight excluding hydrogens is 424 g/mol. The van der Waals surface area contributed by atoms with Crippen molar-refractivity contribution in [3.63, 3.8) is 0 Å². The number of carbonyl (C=O) groups is 2. The molecule has 0 radical (unpaired) electrons. The van der Waals surface area contributed by atoms with E-state index in [-0.39, 0.29) is 17.7 Å². The van der Waals surface area contributed by atoms with E-state index < -0.39 is 5.91 Å². The summed E-state index contributed by atoms with van der Waals surface area (Å²) < 4.78 is 11.2. The summed E-state index contributed by atoms with van der Waals surface area (Å²) in [6, 6.07) is 18.0. The van der Waals surface area contributed by atoms with Crippen molar-refractivity contribution in [3.8, 4) is 11.5 Å². The molecule has 2 amide bonds. The number of amides is 2. The maximum absolute atomic E-state index is 13.4. The van der Waals surface area contributed by atoms with Gasteiger partial charge in [0.15, 0.2) is 0 Å². The molecule has 0 saturated heterocycles. The standard InChI is InChI=1S/C25H24N2O4S/c1-4-30-20-8-5-7-18(15-20)27-24(28)22(21-9-6-14-32-21)23(25(27)29)26-17-10-12-19(13-11-17)31-16(2)3/h5-16,26H,4H2,1-3H3. The number of nitrogens with one attached hydrogen (secondary N) is 1. The number of anilines is 2. The van der Waals surface area contributed by atoms with Gasteiger partial charge < -0.3 is 14.8 Å². The minimum atomic E-state index is -0.408. The zero-order valence-corrected chi connectivity index (χ0v) is 18.9. The summed E-state index contributed by atoms with van der Waals surface area (Å²) >= 11 is 1.42. The van der Waals surface area contributed by atoms with Gasteiger partial charge in [0.05, 0.1) is 24.0 Å². The first-order valence-electron chi connectivity index (χ1n) is 10.4. The summed E-state index contributed by atoms with van der Waals surface area (Å²) in [7, 11) is 0. The van der Waals surface area contributed by atoms with Gasteiger partial charge in [0.25, 0.3) is 11.8 Å². The number of imide groups is 1. The second kappa shape index (κ2) is 9.28. The highest BCUT2D eigenvalue weighted by atomic mass is 32.1. The average Bonchev–Trinajstić information content (AvgIpc) is 3.36. The summed E-state index contributed by atoms with van der Waals surface area (Å²) in [4.78, 5) is 28.8. The van der Waals surface area contributed by atoms with Crippen LogP contribution in [0.1, 0.15) is 25.6 Å². The Morgan fingerprint density at radius 3 is 2.41 bits per heavy atom. The highest BCUT2D eigenvalue weighted by molar-refractivity contribution is 7.11. The van der Waals surface area contributed by atoms with Crippen LogP contribution >= 0.6 is 11.3 Å². The number of benzene rings is 2. The number of hydrogen-bond acceptors (Lipinski definition) is 6. The van der Waals surface area contributed by atoms with Gasteiger partial charge in [-0.3, -0.25) is 9.59 Å². The van der Waals surface area contributed by atoms with E-state index in [1.165, 1.54) is 16.2 Å². The normalized spacial score (nSPS) is 13.8. The van der Waals surface area contributed by atoms with Crippen LogP contribution < -0.4 is 19.7 Å². The fourth-order valence-corrected chi connectivity index (χ4v) is 4.21. The van der Waals surface area contributed by atoms with E-state index in [2.05, 4.69) is 5.32 Å². The van der Waals surface area contributed by atoms with Gasteiger partial charge in [0, 0.05) is 16.6 Å². The quantitative estimate of drug-likeness (QED) is 0.472. The lowest BCUT2D eigenvalue weighted by Gasteiger charge is -2.16. The van der Waals surface area contributed by atoms with Gasteiger partial charge >= 0.3 is 0 Å². The SMILES string of the molecule is CCOc1cccc(N2C(=O)C(Nc3ccc(OC(C)C)cc3)=C(c3cccs3)C2=O)c1. The molecule has 2 heterocycles. The molecule has 0 bridgehead atoms. The van der Waals surface area contributed by atoms with Crippen LogP contribution in [-0.2, 0) is 9.59 Å². The fraction of sp³-hybridized carbons (Fsp3) is 0.200. The molecule has 4 rings (SSSR count). The maximum atomic E-state index is 13.4. The van der Waals surface area contributed by atoms with Crippen molar-refractivity contribution in [1.82, 2.24) is 0 Å². The molecule has 0 spiro atoms. The third kappa shape index (κ3) is 4.38. The van der Waals surface area contributed by atoms with Gasteiger partial charge in [0.1, 0.15) is 17.2 Å². The Kier molecular flexibility index (Phi) is 6.28. The second-order valence-electron chi connectivity index (χ2n) is 7.42. The molecule has 2 aromatic carbocycles. The number of nitrogens with zero attached hydrogens (tertiary/aromatic N) is 1. The van der Waals surface area contributed by atoms with Crippen LogP contribution in [0.25, 0.3) is 5.57 Å². The minimum Gasteiger partial charge on any atom is -0.494 e. The Hall–Kier alpha value is -3.58. The lowest BCUT2D eigenvalue weighted by atomic mass is 10.2. The van der Waals surface area contributed by atoms with Crippen LogP contribution in [-0.4, -0.2) is 24.5 Å². The first-order chi connectivity index (χ1) is 15.5. The van der Waals surface area contributed by atoms with Crippen molar-refractivity contribution < 1.29 is 19.1 Å². The predicted octanol–water partition coefficient (Wildman–Crippen LogP) is 5.33. The van der Waals surface area contributed by atoms with Crippen molar-refractivity contribution >= 4 is 40.1 Å². The molecule has 3 aromatic rings. The first kappa shape index (κ1) is 21.6. The second-order valence-corrected chi connectivity index (χ2v) is 8.37. The molecule has 0 aliphatic carbocycles. The number of rotatable bonds is 8. The Bertz CT molecular complexity index is 1150. The highest BCUT2D eigenvalue weighted by Gasteiger charge is 2.40. The molecule has 0 saturated carbocycles. The summed E-state index contributed by atoms with van der Waals surface area (Å²) in [6.07, 6.45) is 0.0667. The van der Waals surface area contributed by atoms with E-state index in [0.717, 1.165) is 10.6 Å². The Morgan fingerprint density at radius 2 is 1.75 bits per heavy atom. The van der Waals surface area contributed by atoms with Crippen molar-refractivity contribution in [2.75, 3.05) is 16.8 Å². The highest BCUT2D eigenvalue weighted by Crippen LogP contribution is 2.36. The van der Waals surface area contributed by atoms with Crippen LogP contribution in [0.15, 0.2) is 71.7 Å². The van der Waals surface area contributed by atoms with E-state index in [0.29, 0.717) is 29.3 Å². The van der Waals surface area contributed by atoms with Gasteiger partial charge in [-0.25, -0.2) is 4.90 Å². The van der Waals surface area contributed by atoms with Crippen molar-refractivity contribution in [3.05, 3.63) is 76.6 Å². The third-order valence-electron chi connectivity index (χ3n) is 4.73. The van der Waals surface area contributed by atoms with Crippen molar-refractivity contribution in [2.24, 2.45) is 0 Å². The van der Waals surface area contributed by atoms with Crippen LogP contribution in [0.3, 0.4) is 0 Å². The molecule has 0 fully saturated rings. The topological polar surface area (TPSA) is 67.9 Å². The number of carbonyl (C=O) groups excluding carboxylic acids is 2. The van der Waals surface area contributed by atoms with Crippen molar-refractivity contribution in [2.45, 2.75) is 26.9 Å². The Morgan fingerprint density at radius 1 is 0.969 bits per heavy atom. The molecule has 164 valence electrons. The first-order valence-corrected chi connectivity index (χ1v) is 11.3. The summed E-state index contributed by atoms with van der Waals surface area (Å²) in [5, 5.41) is 5.05. The molecule has 1 aromatic heterocycles.